The maximum atomic E-state index is 13.7. The summed E-state index contributed by atoms with van der Waals surface area (Å²) < 4.78 is 13.7. The predicted molar refractivity (Wildman–Crippen MR) is 64.9 cm³/mol. The SMILES string of the molecule is N#Cc1ccc(NC2CCCC2CN)c(F)c1. The number of rotatable bonds is 3. The van der Waals surface area contributed by atoms with Crippen molar-refractivity contribution in [3.05, 3.63) is 29.6 Å². The Hall–Kier alpha value is -1.60. The van der Waals surface area contributed by atoms with E-state index >= 15 is 0 Å². The van der Waals surface area contributed by atoms with Crippen molar-refractivity contribution < 1.29 is 4.39 Å². The van der Waals surface area contributed by atoms with Crippen LogP contribution in [0.3, 0.4) is 0 Å². The molecule has 0 saturated heterocycles. The number of anilines is 1. The number of nitrogens with zero attached hydrogens (tertiary/aromatic N) is 1. The Kier molecular flexibility index (Phi) is 3.60. The topological polar surface area (TPSA) is 61.8 Å². The molecule has 2 rings (SSSR count). The van der Waals surface area contributed by atoms with Crippen LogP contribution in [0.15, 0.2) is 18.2 Å². The van der Waals surface area contributed by atoms with Crippen molar-refractivity contribution in [1.29, 1.82) is 5.26 Å². The second-order valence-electron chi connectivity index (χ2n) is 4.48. The van der Waals surface area contributed by atoms with Gasteiger partial charge in [-0.1, -0.05) is 6.42 Å². The van der Waals surface area contributed by atoms with E-state index in [2.05, 4.69) is 5.32 Å². The highest BCUT2D eigenvalue weighted by molar-refractivity contribution is 5.49. The maximum absolute atomic E-state index is 13.7. The zero-order valence-corrected chi connectivity index (χ0v) is 9.62. The third kappa shape index (κ3) is 2.56. The van der Waals surface area contributed by atoms with E-state index < -0.39 is 0 Å². The molecule has 90 valence electrons. The van der Waals surface area contributed by atoms with Crippen LogP contribution in [0.5, 0.6) is 0 Å². The first-order valence-electron chi connectivity index (χ1n) is 5.91. The summed E-state index contributed by atoms with van der Waals surface area (Å²) in [7, 11) is 0. The van der Waals surface area contributed by atoms with Gasteiger partial charge in [-0.3, -0.25) is 0 Å². The van der Waals surface area contributed by atoms with Crippen LogP contribution >= 0.6 is 0 Å². The van der Waals surface area contributed by atoms with Crippen LogP contribution in [-0.4, -0.2) is 12.6 Å². The van der Waals surface area contributed by atoms with Gasteiger partial charge in [0, 0.05) is 6.04 Å². The van der Waals surface area contributed by atoms with Gasteiger partial charge in [0.25, 0.3) is 0 Å². The smallest absolute Gasteiger partial charge is 0.147 e. The molecule has 1 aromatic rings. The van der Waals surface area contributed by atoms with E-state index in [9.17, 15) is 4.39 Å². The Labute approximate surface area is 100 Å². The molecule has 0 radical (unpaired) electrons. The van der Waals surface area contributed by atoms with Gasteiger partial charge in [-0.25, -0.2) is 4.39 Å². The third-order valence-electron chi connectivity index (χ3n) is 3.40. The molecule has 0 amide bonds. The van der Waals surface area contributed by atoms with Crippen LogP contribution in [0.1, 0.15) is 24.8 Å². The van der Waals surface area contributed by atoms with E-state index in [1.165, 1.54) is 6.07 Å². The van der Waals surface area contributed by atoms with Gasteiger partial charge in [0.2, 0.25) is 0 Å². The number of halogens is 1. The van der Waals surface area contributed by atoms with Gasteiger partial charge < -0.3 is 11.1 Å². The molecule has 17 heavy (non-hydrogen) atoms. The van der Waals surface area contributed by atoms with Crippen LogP contribution < -0.4 is 11.1 Å². The van der Waals surface area contributed by atoms with Gasteiger partial charge in [0.1, 0.15) is 5.82 Å². The first kappa shape index (κ1) is 11.9. The van der Waals surface area contributed by atoms with Crippen molar-refractivity contribution in [2.75, 3.05) is 11.9 Å². The second-order valence-corrected chi connectivity index (χ2v) is 4.48. The van der Waals surface area contributed by atoms with E-state index in [4.69, 9.17) is 11.0 Å². The Morgan fingerprint density at radius 1 is 1.47 bits per heavy atom. The molecule has 0 heterocycles. The first-order valence-corrected chi connectivity index (χ1v) is 5.91. The molecule has 0 spiro atoms. The molecule has 0 aromatic heterocycles. The summed E-state index contributed by atoms with van der Waals surface area (Å²) in [5.41, 5.74) is 6.49. The van der Waals surface area contributed by atoms with Gasteiger partial charge in [0.05, 0.1) is 17.3 Å². The number of benzene rings is 1. The molecule has 2 atom stereocenters. The van der Waals surface area contributed by atoms with Gasteiger partial charge in [-0.15, -0.1) is 0 Å². The van der Waals surface area contributed by atoms with E-state index in [1.807, 2.05) is 6.07 Å². The third-order valence-corrected chi connectivity index (χ3v) is 3.40. The average molecular weight is 233 g/mol. The highest BCUT2D eigenvalue weighted by Crippen LogP contribution is 2.28. The molecule has 3 N–H and O–H groups in total. The molecular weight excluding hydrogens is 217 g/mol. The second kappa shape index (κ2) is 5.15. The number of nitrogens with one attached hydrogen (secondary N) is 1. The lowest BCUT2D eigenvalue weighted by atomic mass is 10.0. The Morgan fingerprint density at radius 3 is 2.94 bits per heavy atom. The zero-order valence-electron chi connectivity index (χ0n) is 9.62. The normalized spacial score (nSPS) is 23.4. The summed E-state index contributed by atoms with van der Waals surface area (Å²) in [5, 5.41) is 11.9. The minimum absolute atomic E-state index is 0.252. The van der Waals surface area contributed by atoms with Crippen molar-refractivity contribution in [2.24, 2.45) is 11.7 Å². The lowest BCUT2D eigenvalue weighted by molar-refractivity contribution is 0.513. The van der Waals surface area contributed by atoms with Gasteiger partial charge in [-0.05, 0) is 43.5 Å². The minimum Gasteiger partial charge on any atom is -0.380 e. The maximum Gasteiger partial charge on any atom is 0.147 e. The highest BCUT2D eigenvalue weighted by Gasteiger charge is 2.26. The molecule has 2 unspecified atom stereocenters. The molecular formula is C13H16FN3. The summed E-state index contributed by atoms with van der Waals surface area (Å²) in [4.78, 5) is 0. The van der Waals surface area contributed by atoms with Crippen molar-refractivity contribution in [2.45, 2.75) is 25.3 Å². The minimum atomic E-state index is -0.369. The number of nitrogens with two attached hydrogens (primary N) is 1. The summed E-state index contributed by atoms with van der Waals surface area (Å²) in [6.07, 6.45) is 3.27. The summed E-state index contributed by atoms with van der Waals surface area (Å²) >= 11 is 0. The number of nitriles is 1. The fourth-order valence-electron chi connectivity index (χ4n) is 2.41. The first-order chi connectivity index (χ1) is 8.24. The van der Waals surface area contributed by atoms with Crippen LogP contribution in [0, 0.1) is 23.1 Å². The van der Waals surface area contributed by atoms with Gasteiger partial charge >= 0.3 is 0 Å². The largest absolute Gasteiger partial charge is 0.380 e. The molecule has 1 fully saturated rings. The fourth-order valence-corrected chi connectivity index (χ4v) is 2.41. The van der Waals surface area contributed by atoms with Gasteiger partial charge in [-0.2, -0.15) is 5.26 Å². The summed E-state index contributed by atoms with van der Waals surface area (Å²) in [5.74, 6) is 0.0526. The van der Waals surface area contributed by atoms with Crippen LogP contribution in [0.4, 0.5) is 10.1 Å². The molecule has 3 nitrogen and oxygen atoms in total. The fraction of sp³-hybridized carbons (Fsp3) is 0.462. The number of hydrogen-bond donors (Lipinski definition) is 2. The van der Waals surface area contributed by atoms with E-state index in [-0.39, 0.29) is 11.9 Å². The average Bonchev–Trinajstić information content (AvgIpc) is 2.79. The monoisotopic (exact) mass is 233 g/mol. The van der Waals surface area contributed by atoms with Crippen molar-refractivity contribution in [3.8, 4) is 6.07 Å². The molecule has 0 bridgehead atoms. The van der Waals surface area contributed by atoms with Gasteiger partial charge in [0.15, 0.2) is 0 Å². The van der Waals surface area contributed by atoms with E-state index in [0.717, 1.165) is 19.3 Å². The van der Waals surface area contributed by atoms with Crippen molar-refractivity contribution in [3.63, 3.8) is 0 Å². The Bertz CT molecular complexity index is 439. The zero-order chi connectivity index (χ0) is 12.3. The molecule has 0 aliphatic heterocycles. The summed E-state index contributed by atoms with van der Waals surface area (Å²) in [6, 6.07) is 6.68. The van der Waals surface area contributed by atoms with Crippen LogP contribution in [0.25, 0.3) is 0 Å². The Balaban J connectivity index is 2.11. The van der Waals surface area contributed by atoms with Crippen LogP contribution in [0.2, 0.25) is 0 Å². The lowest BCUT2D eigenvalue weighted by Gasteiger charge is -2.21. The molecule has 1 aromatic carbocycles. The standard InChI is InChI=1S/C13H16FN3/c14-11-6-9(7-15)4-5-13(11)17-12-3-1-2-10(12)8-16/h4-6,10,12,17H,1-3,8,16H2. The quantitative estimate of drug-likeness (QED) is 0.841. The van der Waals surface area contributed by atoms with Crippen molar-refractivity contribution >= 4 is 5.69 Å². The molecule has 1 saturated carbocycles. The molecule has 1 aliphatic rings. The predicted octanol–water partition coefficient (Wildman–Crippen LogP) is 2.24. The summed E-state index contributed by atoms with van der Waals surface area (Å²) in [6.45, 7) is 0.634. The molecule has 1 aliphatic carbocycles. The highest BCUT2D eigenvalue weighted by atomic mass is 19.1. The van der Waals surface area contributed by atoms with E-state index in [1.54, 1.807) is 12.1 Å². The van der Waals surface area contributed by atoms with Crippen molar-refractivity contribution in [1.82, 2.24) is 0 Å². The van der Waals surface area contributed by atoms with Crippen LogP contribution in [-0.2, 0) is 0 Å². The van der Waals surface area contributed by atoms with E-state index in [0.29, 0.717) is 23.7 Å². The number of hydrogen-bond acceptors (Lipinski definition) is 3. The Morgan fingerprint density at radius 2 is 2.29 bits per heavy atom. The lowest BCUT2D eigenvalue weighted by Crippen LogP contribution is -2.29. The molecule has 4 heteroatoms.